The number of hydrogen-bond acceptors (Lipinski definition) is 2. The quantitative estimate of drug-likeness (QED) is 0.718. The Morgan fingerprint density at radius 1 is 1.11 bits per heavy atom. The van der Waals surface area contributed by atoms with Crippen LogP contribution in [0.5, 0.6) is 5.75 Å². The van der Waals surface area contributed by atoms with E-state index in [0.717, 1.165) is 38.2 Å². The van der Waals surface area contributed by atoms with E-state index in [1.165, 1.54) is 11.1 Å². The Morgan fingerprint density at radius 3 is 2.54 bits per heavy atom. The van der Waals surface area contributed by atoms with Gasteiger partial charge >= 0.3 is 0 Å². The van der Waals surface area contributed by atoms with E-state index in [0.29, 0.717) is 17.9 Å². The molecule has 3 heteroatoms. The fourth-order valence-corrected chi connectivity index (χ4v) is 4.66. The van der Waals surface area contributed by atoms with Crippen LogP contribution in [-0.4, -0.2) is 25.9 Å². The van der Waals surface area contributed by atoms with Crippen molar-refractivity contribution in [1.29, 1.82) is 0 Å². The molecule has 2 aromatic rings. The van der Waals surface area contributed by atoms with Gasteiger partial charge in [0.1, 0.15) is 11.8 Å². The van der Waals surface area contributed by atoms with Crippen LogP contribution in [0, 0.1) is 5.92 Å². The average molecular weight is 383 g/mol. The van der Waals surface area contributed by atoms with Crippen molar-refractivity contribution in [3.8, 4) is 5.75 Å². The van der Waals surface area contributed by atoms with Crippen LogP contribution in [0.1, 0.15) is 63.1 Å². The van der Waals surface area contributed by atoms with Crippen molar-refractivity contribution in [2.75, 3.05) is 20.3 Å². The molecule has 152 valence electrons. The van der Waals surface area contributed by atoms with Crippen LogP contribution in [0.4, 0.5) is 0 Å². The van der Waals surface area contributed by atoms with Gasteiger partial charge in [0.25, 0.3) is 0 Å². The van der Waals surface area contributed by atoms with Gasteiger partial charge in [0.05, 0.1) is 19.3 Å². The molecule has 0 aromatic heterocycles. The second-order valence-electron chi connectivity index (χ2n) is 8.72. The molecule has 0 radical (unpaired) electrons. The second kappa shape index (κ2) is 9.58. The fraction of sp³-hybridized carbons (Fsp3) is 0.520. The number of hydrogen-bond donors (Lipinski definition) is 1. The van der Waals surface area contributed by atoms with Gasteiger partial charge in [-0.05, 0) is 57.1 Å². The molecule has 1 heterocycles. The lowest BCUT2D eigenvalue weighted by molar-refractivity contribution is -0.693. The maximum absolute atomic E-state index is 6.00. The van der Waals surface area contributed by atoms with E-state index >= 15 is 0 Å². The molecule has 1 aliphatic heterocycles. The second-order valence-corrected chi connectivity index (χ2v) is 8.72. The smallest absolute Gasteiger partial charge is 0.122 e. The molecular weight excluding hydrogens is 346 g/mol. The van der Waals surface area contributed by atoms with Crippen molar-refractivity contribution < 1.29 is 14.8 Å². The van der Waals surface area contributed by atoms with Gasteiger partial charge in [0, 0.05) is 18.6 Å². The highest BCUT2D eigenvalue weighted by Crippen LogP contribution is 2.42. The zero-order chi connectivity index (χ0) is 20.0. The summed E-state index contributed by atoms with van der Waals surface area (Å²) in [6.07, 6.45) is 3.38. The van der Waals surface area contributed by atoms with E-state index in [-0.39, 0.29) is 5.60 Å². The Morgan fingerprint density at radius 2 is 1.82 bits per heavy atom. The number of nitrogens with two attached hydrogens (primary N) is 1. The standard InChI is InChI=1S/C25H35NO2/c1-19(20-10-6-5-7-11-20)26-16-14-22(21-15-17-28-25(2,3)18-21)23-12-8-9-13-24(23)27-4/h5-13,19,21-22,26H,14-18H2,1-4H3/p+1/t19-,21+,22+/m0/s1. The summed E-state index contributed by atoms with van der Waals surface area (Å²) in [5.74, 6) is 2.15. The molecule has 2 aromatic carbocycles. The van der Waals surface area contributed by atoms with E-state index in [2.05, 4.69) is 80.7 Å². The van der Waals surface area contributed by atoms with Gasteiger partial charge in [-0.1, -0.05) is 48.5 Å². The highest BCUT2D eigenvalue weighted by molar-refractivity contribution is 5.36. The lowest BCUT2D eigenvalue weighted by atomic mass is 9.75. The summed E-state index contributed by atoms with van der Waals surface area (Å²) in [6, 6.07) is 19.8. The van der Waals surface area contributed by atoms with Gasteiger partial charge in [-0.2, -0.15) is 0 Å². The Balaban J connectivity index is 1.73. The summed E-state index contributed by atoms with van der Waals surface area (Å²) < 4.78 is 11.7. The first-order valence-electron chi connectivity index (χ1n) is 10.7. The number of rotatable bonds is 8. The SMILES string of the molecule is COc1ccccc1[C@H](CC[NH2+][C@@H](C)c1ccccc1)[C@@H]1CCOC(C)(C)C1. The lowest BCUT2D eigenvalue weighted by Gasteiger charge is -2.39. The first-order chi connectivity index (χ1) is 13.5. The van der Waals surface area contributed by atoms with Crippen molar-refractivity contribution in [1.82, 2.24) is 0 Å². The molecule has 3 atom stereocenters. The molecule has 1 saturated heterocycles. The number of benzene rings is 2. The molecule has 28 heavy (non-hydrogen) atoms. The molecule has 0 unspecified atom stereocenters. The van der Waals surface area contributed by atoms with Gasteiger partial charge in [-0.15, -0.1) is 0 Å². The molecule has 0 saturated carbocycles. The van der Waals surface area contributed by atoms with Crippen LogP contribution in [0.3, 0.4) is 0 Å². The maximum atomic E-state index is 6.00. The van der Waals surface area contributed by atoms with Gasteiger partial charge in [0.2, 0.25) is 0 Å². The average Bonchev–Trinajstić information content (AvgIpc) is 2.71. The zero-order valence-corrected chi connectivity index (χ0v) is 17.9. The van der Waals surface area contributed by atoms with Gasteiger partial charge in [0.15, 0.2) is 0 Å². The summed E-state index contributed by atoms with van der Waals surface area (Å²) in [5.41, 5.74) is 2.71. The van der Waals surface area contributed by atoms with Crippen LogP contribution in [0.15, 0.2) is 54.6 Å². The van der Waals surface area contributed by atoms with Crippen molar-refractivity contribution in [3.05, 3.63) is 65.7 Å². The summed E-state index contributed by atoms with van der Waals surface area (Å²) >= 11 is 0. The summed E-state index contributed by atoms with van der Waals surface area (Å²) in [6.45, 7) is 8.71. The molecule has 0 aliphatic carbocycles. The molecule has 1 aliphatic rings. The maximum Gasteiger partial charge on any atom is 0.122 e. The Hall–Kier alpha value is -1.84. The molecule has 2 N–H and O–H groups in total. The van der Waals surface area contributed by atoms with Crippen molar-refractivity contribution in [2.24, 2.45) is 5.92 Å². The third kappa shape index (κ3) is 5.36. The predicted molar refractivity (Wildman–Crippen MR) is 115 cm³/mol. The molecule has 0 bridgehead atoms. The van der Waals surface area contributed by atoms with Gasteiger partial charge in [-0.25, -0.2) is 0 Å². The van der Waals surface area contributed by atoms with Crippen molar-refractivity contribution in [3.63, 3.8) is 0 Å². The van der Waals surface area contributed by atoms with Crippen LogP contribution in [0.2, 0.25) is 0 Å². The zero-order valence-electron chi connectivity index (χ0n) is 17.9. The van der Waals surface area contributed by atoms with Crippen molar-refractivity contribution in [2.45, 2.75) is 57.6 Å². The molecule has 3 rings (SSSR count). The van der Waals surface area contributed by atoms with Gasteiger partial charge < -0.3 is 14.8 Å². The van der Waals surface area contributed by atoms with Crippen LogP contribution < -0.4 is 10.1 Å². The van der Waals surface area contributed by atoms with Crippen LogP contribution in [-0.2, 0) is 4.74 Å². The molecule has 3 nitrogen and oxygen atoms in total. The highest BCUT2D eigenvalue weighted by atomic mass is 16.5. The van der Waals surface area contributed by atoms with E-state index in [4.69, 9.17) is 9.47 Å². The number of para-hydroxylation sites is 1. The predicted octanol–water partition coefficient (Wildman–Crippen LogP) is 4.70. The monoisotopic (exact) mass is 382 g/mol. The third-order valence-corrected chi connectivity index (χ3v) is 6.17. The lowest BCUT2D eigenvalue weighted by Crippen LogP contribution is -2.84. The van der Waals surface area contributed by atoms with E-state index in [1.807, 2.05) is 0 Å². The van der Waals surface area contributed by atoms with E-state index in [1.54, 1.807) is 7.11 Å². The Labute approximate surface area is 170 Å². The molecular formula is C25H36NO2+. The van der Waals surface area contributed by atoms with E-state index in [9.17, 15) is 0 Å². The third-order valence-electron chi connectivity index (χ3n) is 6.17. The molecule has 0 spiro atoms. The van der Waals surface area contributed by atoms with Crippen molar-refractivity contribution >= 4 is 0 Å². The summed E-state index contributed by atoms with van der Waals surface area (Å²) in [4.78, 5) is 0. The largest absolute Gasteiger partial charge is 0.496 e. The summed E-state index contributed by atoms with van der Waals surface area (Å²) in [7, 11) is 1.79. The summed E-state index contributed by atoms with van der Waals surface area (Å²) in [5, 5.41) is 2.47. The number of quaternary nitrogens is 1. The minimum absolute atomic E-state index is 0.0375. The highest BCUT2D eigenvalue weighted by Gasteiger charge is 2.35. The van der Waals surface area contributed by atoms with E-state index < -0.39 is 0 Å². The minimum Gasteiger partial charge on any atom is -0.496 e. The Bertz CT molecular complexity index is 728. The number of methoxy groups -OCH3 is 1. The molecule has 0 amide bonds. The fourth-order valence-electron chi connectivity index (χ4n) is 4.66. The normalized spacial score (nSPS) is 21.1. The number of ether oxygens (including phenoxy) is 2. The van der Waals surface area contributed by atoms with Crippen LogP contribution >= 0.6 is 0 Å². The minimum atomic E-state index is -0.0375. The topological polar surface area (TPSA) is 35.1 Å². The van der Waals surface area contributed by atoms with Gasteiger partial charge in [-0.3, -0.25) is 0 Å². The first kappa shape index (κ1) is 20.9. The first-order valence-corrected chi connectivity index (χ1v) is 10.7. The molecule has 1 fully saturated rings. The van der Waals surface area contributed by atoms with Crippen LogP contribution in [0.25, 0.3) is 0 Å². The Kier molecular flexibility index (Phi) is 7.14.